The Morgan fingerprint density at radius 3 is 2.58 bits per heavy atom. The fourth-order valence-electron chi connectivity index (χ4n) is 4.81. The number of nitrogen functional groups attached to an aromatic ring is 1. The van der Waals surface area contributed by atoms with Gasteiger partial charge in [0.1, 0.15) is 23.7 Å². The van der Waals surface area contributed by atoms with Crippen molar-refractivity contribution in [2.45, 2.75) is 38.4 Å². The number of amides is 2. The Morgan fingerprint density at radius 2 is 1.91 bits per heavy atom. The number of aliphatic hydroxyl groups excluding tert-OH is 1. The summed E-state index contributed by atoms with van der Waals surface area (Å²) < 4.78 is 11.6. The number of benzene rings is 2. The second-order valence-electron chi connectivity index (χ2n) is 10.8. The fraction of sp³-hybridized carbons (Fsp3) is 0.419. The van der Waals surface area contributed by atoms with Gasteiger partial charge in [0.2, 0.25) is 5.95 Å². The van der Waals surface area contributed by atoms with E-state index in [1.54, 1.807) is 35.4 Å². The molecule has 0 spiro atoms. The highest BCUT2D eigenvalue weighted by Gasteiger charge is 2.26. The first kappa shape index (κ1) is 31.5. The molecule has 1 aliphatic heterocycles. The van der Waals surface area contributed by atoms with Crippen LogP contribution in [0.5, 0.6) is 11.5 Å². The maximum Gasteiger partial charge on any atom is 0.255 e. The van der Waals surface area contributed by atoms with Gasteiger partial charge in [0.25, 0.3) is 11.8 Å². The summed E-state index contributed by atoms with van der Waals surface area (Å²) >= 11 is 0. The second kappa shape index (κ2) is 14.7. The second-order valence-corrected chi connectivity index (χ2v) is 10.8. The Bertz CT molecular complexity index is 1410. The van der Waals surface area contributed by atoms with Crippen LogP contribution in [0.2, 0.25) is 0 Å². The van der Waals surface area contributed by atoms with Gasteiger partial charge in [0, 0.05) is 56.0 Å². The van der Waals surface area contributed by atoms with Crippen molar-refractivity contribution in [2.24, 2.45) is 0 Å². The van der Waals surface area contributed by atoms with Crippen LogP contribution in [0.25, 0.3) is 11.3 Å². The quantitative estimate of drug-likeness (QED) is 0.183. The molecule has 2 aromatic carbocycles. The van der Waals surface area contributed by atoms with Gasteiger partial charge >= 0.3 is 0 Å². The lowest BCUT2D eigenvalue weighted by atomic mass is 10.1. The number of aliphatic hydroxyl groups is 1. The Kier molecular flexibility index (Phi) is 10.7. The fourth-order valence-corrected chi connectivity index (χ4v) is 4.81. The zero-order valence-electron chi connectivity index (χ0n) is 25.2. The molecule has 2 amide bonds. The topological polar surface area (TPSA) is 155 Å². The highest BCUT2D eigenvalue weighted by Crippen LogP contribution is 2.31. The third-order valence-corrected chi connectivity index (χ3v) is 7.14. The molecule has 1 aromatic heterocycles. The van der Waals surface area contributed by atoms with E-state index in [1.165, 1.54) is 14.0 Å². The largest absolute Gasteiger partial charge is 0.496 e. The number of methoxy groups -OCH3 is 1. The molecule has 0 saturated carbocycles. The summed E-state index contributed by atoms with van der Waals surface area (Å²) in [6.07, 6.45) is 2.76. The minimum absolute atomic E-state index is 0.0708. The van der Waals surface area contributed by atoms with Crippen LogP contribution >= 0.6 is 0 Å². The van der Waals surface area contributed by atoms with Gasteiger partial charge in [-0.2, -0.15) is 0 Å². The maximum atomic E-state index is 12.7. The number of piperidine rings is 1. The summed E-state index contributed by atoms with van der Waals surface area (Å²) in [6, 6.07) is 12.5. The van der Waals surface area contributed by atoms with Crippen LogP contribution in [0, 0.1) is 0 Å². The highest BCUT2D eigenvalue weighted by molar-refractivity contribution is 5.97. The first-order valence-corrected chi connectivity index (χ1v) is 14.4. The number of carbonyl (C=O) groups excluding carboxylic acids is 2. The van der Waals surface area contributed by atoms with E-state index in [0.717, 1.165) is 18.5 Å². The molecule has 1 atom stereocenters. The number of hydrogen-bond donors (Lipinski definition) is 4. The number of nitrogens with two attached hydrogens (primary N) is 1. The number of likely N-dealkylation sites (tertiary alicyclic amines) is 1. The van der Waals surface area contributed by atoms with Crippen LogP contribution in [0.3, 0.4) is 0 Å². The summed E-state index contributed by atoms with van der Waals surface area (Å²) in [5, 5.41) is 15.7. The van der Waals surface area contributed by atoms with E-state index in [1.807, 2.05) is 32.3 Å². The zero-order valence-corrected chi connectivity index (χ0v) is 25.2. The van der Waals surface area contributed by atoms with Crippen LogP contribution in [0.1, 0.15) is 36.5 Å². The Hall–Kier alpha value is -4.42. The van der Waals surface area contributed by atoms with E-state index < -0.39 is 6.10 Å². The molecule has 12 heteroatoms. The molecular formula is C31H41N7O5. The maximum absolute atomic E-state index is 12.7. The minimum atomic E-state index is -0.997. The van der Waals surface area contributed by atoms with Gasteiger partial charge in [-0.15, -0.1) is 0 Å². The van der Waals surface area contributed by atoms with E-state index in [-0.39, 0.29) is 17.9 Å². The van der Waals surface area contributed by atoms with Gasteiger partial charge in [-0.05, 0) is 70.4 Å². The molecule has 2 heterocycles. The molecule has 1 saturated heterocycles. The van der Waals surface area contributed by atoms with Crippen molar-refractivity contribution in [1.29, 1.82) is 0 Å². The Labute approximate surface area is 252 Å². The summed E-state index contributed by atoms with van der Waals surface area (Å²) in [5.41, 5.74) is 9.41. The predicted octanol–water partition coefficient (Wildman–Crippen LogP) is 2.91. The zero-order chi connectivity index (χ0) is 30.9. The number of hydrogen-bond acceptors (Lipinski definition) is 10. The normalized spacial score (nSPS) is 14.3. The van der Waals surface area contributed by atoms with Crippen molar-refractivity contribution in [1.82, 2.24) is 25.1 Å². The molecule has 0 radical (unpaired) electrons. The molecule has 0 unspecified atom stereocenters. The van der Waals surface area contributed by atoms with E-state index >= 15 is 0 Å². The molecule has 1 fully saturated rings. The van der Waals surface area contributed by atoms with Gasteiger partial charge in [-0.1, -0.05) is 0 Å². The summed E-state index contributed by atoms with van der Waals surface area (Å²) in [4.78, 5) is 37.4. The predicted molar refractivity (Wildman–Crippen MR) is 166 cm³/mol. The van der Waals surface area contributed by atoms with Crippen molar-refractivity contribution >= 4 is 29.1 Å². The lowest BCUT2D eigenvalue weighted by Crippen LogP contribution is -2.45. The lowest BCUT2D eigenvalue weighted by molar-refractivity contribution is -0.141. The summed E-state index contributed by atoms with van der Waals surface area (Å²) in [7, 11) is 5.52. The third kappa shape index (κ3) is 8.55. The lowest BCUT2D eigenvalue weighted by Gasteiger charge is -2.33. The van der Waals surface area contributed by atoms with Crippen molar-refractivity contribution in [3.63, 3.8) is 0 Å². The van der Waals surface area contributed by atoms with Gasteiger partial charge in [-0.25, -0.2) is 9.97 Å². The highest BCUT2D eigenvalue weighted by atomic mass is 16.5. The Balaban J connectivity index is 1.38. The third-order valence-electron chi connectivity index (χ3n) is 7.14. The number of anilines is 3. The van der Waals surface area contributed by atoms with E-state index in [0.29, 0.717) is 72.6 Å². The van der Waals surface area contributed by atoms with E-state index in [4.69, 9.17) is 15.2 Å². The smallest absolute Gasteiger partial charge is 0.255 e. The average Bonchev–Trinajstić information content (AvgIpc) is 3.00. The molecule has 230 valence electrons. The number of nitrogens with zero attached hydrogens (tertiary/aromatic N) is 4. The van der Waals surface area contributed by atoms with Crippen molar-refractivity contribution in [2.75, 3.05) is 58.4 Å². The molecular weight excluding hydrogens is 550 g/mol. The van der Waals surface area contributed by atoms with Crippen molar-refractivity contribution in [3.05, 3.63) is 54.2 Å². The van der Waals surface area contributed by atoms with Crippen LogP contribution in [-0.2, 0) is 4.79 Å². The van der Waals surface area contributed by atoms with E-state index in [9.17, 15) is 14.7 Å². The molecule has 12 nitrogen and oxygen atoms in total. The number of carbonyl (C=O) groups is 2. The molecule has 3 aromatic rings. The first-order chi connectivity index (χ1) is 20.6. The average molecular weight is 592 g/mol. The molecule has 0 bridgehead atoms. The standard InChI is InChI=1S/C31H41N7O5/c1-20(39)30(41)38-16-11-23(12-17-38)43-27-9-6-21(18-25(27)32)26-10-14-34-31(36-26)35-22-7-8-24(28(19-22)42-4)29(40)33-13-5-15-37(2)3/h6-10,14,18-20,23,39H,5,11-13,15-17,32H2,1-4H3,(H,33,40)(H,34,35,36)/t20-/m0/s1. The van der Waals surface area contributed by atoms with Crippen molar-refractivity contribution in [3.8, 4) is 22.8 Å². The number of aromatic nitrogens is 2. The van der Waals surface area contributed by atoms with Crippen LogP contribution < -0.4 is 25.8 Å². The SMILES string of the molecule is COc1cc(Nc2nccc(-c3ccc(OC4CCN(C(=O)[C@H](C)O)CC4)c(N)c3)n2)ccc1C(=O)NCCCN(C)C. The van der Waals surface area contributed by atoms with Crippen LogP contribution in [-0.4, -0.2) is 96.3 Å². The van der Waals surface area contributed by atoms with Crippen LogP contribution in [0.15, 0.2) is 48.7 Å². The minimum Gasteiger partial charge on any atom is -0.496 e. The van der Waals surface area contributed by atoms with Gasteiger partial charge in [0.15, 0.2) is 0 Å². The molecule has 1 aliphatic rings. The van der Waals surface area contributed by atoms with Crippen molar-refractivity contribution < 1.29 is 24.2 Å². The number of ether oxygens (including phenoxy) is 2. The summed E-state index contributed by atoms with van der Waals surface area (Å²) in [6.45, 7) is 4.00. The summed E-state index contributed by atoms with van der Waals surface area (Å²) in [5.74, 6) is 0.937. The molecule has 5 N–H and O–H groups in total. The monoisotopic (exact) mass is 591 g/mol. The van der Waals surface area contributed by atoms with Gasteiger partial charge < -0.3 is 40.7 Å². The van der Waals surface area contributed by atoms with Gasteiger partial charge in [-0.3, -0.25) is 9.59 Å². The first-order valence-electron chi connectivity index (χ1n) is 14.4. The molecule has 43 heavy (non-hydrogen) atoms. The number of rotatable bonds is 12. The van der Waals surface area contributed by atoms with Crippen LogP contribution in [0.4, 0.5) is 17.3 Å². The van der Waals surface area contributed by atoms with E-state index in [2.05, 4.69) is 25.5 Å². The molecule has 0 aliphatic carbocycles. The Morgan fingerprint density at radius 1 is 1.14 bits per heavy atom. The number of nitrogens with one attached hydrogen (secondary N) is 2. The van der Waals surface area contributed by atoms with Gasteiger partial charge in [0.05, 0.1) is 24.1 Å². The molecule has 4 rings (SSSR count).